The molecule has 0 bridgehead atoms. The predicted molar refractivity (Wildman–Crippen MR) is 193 cm³/mol. The number of allylic oxidation sites excluding steroid dienone is 2. The topological polar surface area (TPSA) is 149 Å². The number of piperidine rings is 2. The summed E-state index contributed by atoms with van der Waals surface area (Å²) in [5, 5.41) is 29.9. The fraction of sp³-hybridized carbons (Fsp3) is 0.632. The second kappa shape index (κ2) is 14.7. The van der Waals surface area contributed by atoms with Crippen LogP contribution >= 0.6 is 0 Å². The van der Waals surface area contributed by atoms with Crippen molar-refractivity contribution in [2.75, 3.05) is 38.0 Å². The molecule has 2 saturated heterocycles. The number of nitrogens with one attached hydrogen (secondary N) is 1. The molecule has 0 saturated carbocycles. The lowest BCUT2D eigenvalue weighted by Crippen LogP contribution is -2.42. The zero-order valence-electron chi connectivity index (χ0n) is 30.9. The zero-order valence-corrected chi connectivity index (χ0v) is 30.9. The number of aliphatic imine (C=N–C) groups is 1. The van der Waals surface area contributed by atoms with Crippen LogP contribution in [0.15, 0.2) is 34.5 Å². The van der Waals surface area contributed by atoms with Crippen molar-refractivity contribution in [2.45, 2.75) is 105 Å². The monoisotopic (exact) mass is 684 g/mol. The maximum atomic E-state index is 12.7. The Hall–Kier alpha value is -4.58. The molecule has 1 aromatic heterocycles. The van der Waals surface area contributed by atoms with E-state index >= 15 is 0 Å². The summed E-state index contributed by atoms with van der Waals surface area (Å²) in [6.07, 6.45) is 2.86. The first-order valence-electron chi connectivity index (χ1n) is 17.8. The third-order valence-corrected chi connectivity index (χ3v) is 9.74. The standard InChI is InChI=1S/C38H52N8O4/c1-24-30(20-39)33(31(21-40)25(2)42-24)28-9-10-32-29(19-28)34(41-22-26-11-15-44(16-12-26)35(47)49-37(3,4)5)43-46(32)23-27-13-17-45(18-14-27)36(48)50-38(6,7)8/h9-10,19,26-27,30,33H,11-18,22-23H2,1-8H3,(H,41,43). The molecule has 2 atom stereocenters. The molecule has 5 rings (SSSR count). The molecule has 2 unspecified atom stereocenters. The fourth-order valence-electron chi connectivity index (χ4n) is 7.12. The van der Waals surface area contributed by atoms with Gasteiger partial charge in [-0.3, -0.25) is 9.67 Å². The number of amides is 2. The Morgan fingerprint density at radius 1 is 0.900 bits per heavy atom. The third kappa shape index (κ3) is 8.58. The van der Waals surface area contributed by atoms with E-state index < -0.39 is 23.0 Å². The van der Waals surface area contributed by atoms with Crippen LogP contribution in [0.25, 0.3) is 10.9 Å². The SMILES string of the molecule is CC1=NC(C)=C(C#N)C(c2ccc3c(c2)c(NCC2CCN(C(=O)OC(C)(C)C)CC2)nn3CC2CCN(C(=O)OC(C)(C)C)CC2)C1C#N. The number of anilines is 1. The number of nitrogens with zero attached hydrogens (tertiary/aromatic N) is 7. The third-order valence-electron chi connectivity index (χ3n) is 9.74. The maximum Gasteiger partial charge on any atom is 0.410 e. The van der Waals surface area contributed by atoms with Crippen molar-refractivity contribution in [1.29, 1.82) is 10.5 Å². The van der Waals surface area contributed by atoms with Crippen molar-refractivity contribution in [3.63, 3.8) is 0 Å². The van der Waals surface area contributed by atoms with Gasteiger partial charge in [0, 0.05) is 56.3 Å². The largest absolute Gasteiger partial charge is 0.444 e. The Balaban J connectivity index is 1.37. The van der Waals surface area contributed by atoms with Gasteiger partial charge >= 0.3 is 12.2 Å². The van der Waals surface area contributed by atoms with Gasteiger partial charge in [-0.2, -0.15) is 15.6 Å². The molecular formula is C38H52N8O4. The van der Waals surface area contributed by atoms with E-state index in [0.29, 0.717) is 68.1 Å². The van der Waals surface area contributed by atoms with Crippen molar-refractivity contribution < 1.29 is 19.1 Å². The molecule has 0 radical (unpaired) electrons. The molecule has 12 heteroatoms. The van der Waals surface area contributed by atoms with Gasteiger partial charge in [0.2, 0.25) is 0 Å². The van der Waals surface area contributed by atoms with Crippen LogP contribution in [0.2, 0.25) is 0 Å². The van der Waals surface area contributed by atoms with Gasteiger partial charge in [-0.25, -0.2) is 9.59 Å². The number of rotatable bonds is 6. The molecule has 2 amide bonds. The van der Waals surface area contributed by atoms with E-state index in [9.17, 15) is 20.1 Å². The highest BCUT2D eigenvalue weighted by atomic mass is 16.6. The molecule has 1 N–H and O–H groups in total. The molecule has 2 fully saturated rings. The van der Waals surface area contributed by atoms with Crippen LogP contribution in [0, 0.1) is 40.4 Å². The molecule has 3 aliphatic heterocycles. The number of aromatic nitrogens is 2. The van der Waals surface area contributed by atoms with Crippen LogP contribution in [0.5, 0.6) is 0 Å². The summed E-state index contributed by atoms with van der Waals surface area (Å²) < 4.78 is 13.2. The number of carbonyl (C=O) groups is 2. The van der Waals surface area contributed by atoms with Gasteiger partial charge in [0.15, 0.2) is 5.82 Å². The quantitative estimate of drug-likeness (QED) is 0.335. The summed E-state index contributed by atoms with van der Waals surface area (Å²) in [5.41, 5.74) is 2.66. The molecule has 268 valence electrons. The van der Waals surface area contributed by atoms with E-state index in [-0.39, 0.29) is 12.2 Å². The number of hydrogen-bond donors (Lipinski definition) is 1. The van der Waals surface area contributed by atoms with E-state index in [4.69, 9.17) is 14.6 Å². The number of hydrogen-bond acceptors (Lipinski definition) is 9. The number of benzene rings is 1. The Kier molecular flexibility index (Phi) is 10.8. The van der Waals surface area contributed by atoms with Gasteiger partial charge in [-0.15, -0.1) is 0 Å². The van der Waals surface area contributed by atoms with Gasteiger partial charge in [0.25, 0.3) is 0 Å². The Labute approximate surface area is 296 Å². The summed E-state index contributed by atoms with van der Waals surface area (Å²) in [6.45, 7) is 18.9. The number of ether oxygens (including phenoxy) is 2. The lowest BCUT2D eigenvalue weighted by atomic mass is 9.76. The smallest absolute Gasteiger partial charge is 0.410 e. The summed E-state index contributed by atoms with van der Waals surface area (Å²) in [4.78, 5) is 33.4. The minimum atomic E-state index is -0.539. The minimum Gasteiger partial charge on any atom is -0.444 e. The van der Waals surface area contributed by atoms with Crippen LogP contribution in [0.3, 0.4) is 0 Å². The molecule has 50 heavy (non-hydrogen) atoms. The zero-order chi connectivity index (χ0) is 36.4. The van der Waals surface area contributed by atoms with Crippen molar-refractivity contribution in [1.82, 2.24) is 19.6 Å². The molecular weight excluding hydrogens is 632 g/mol. The van der Waals surface area contributed by atoms with Crippen LogP contribution < -0.4 is 5.32 Å². The van der Waals surface area contributed by atoms with E-state index in [1.807, 2.05) is 61.5 Å². The van der Waals surface area contributed by atoms with Crippen LogP contribution in [0.4, 0.5) is 15.4 Å². The minimum absolute atomic E-state index is 0.266. The van der Waals surface area contributed by atoms with E-state index in [1.165, 1.54) is 0 Å². The molecule has 12 nitrogen and oxygen atoms in total. The van der Waals surface area contributed by atoms with E-state index in [1.54, 1.807) is 9.80 Å². The summed E-state index contributed by atoms with van der Waals surface area (Å²) in [6, 6.07) is 10.9. The predicted octanol–water partition coefficient (Wildman–Crippen LogP) is 7.24. The second-order valence-corrected chi connectivity index (χ2v) is 16.0. The first kappa shape index (κ1) is 36.7. The molecule has 3 aliphatic rings. The van der Waals surface area contributed by atoms with Gasteiger partial charge in [-0.05, 0) is 111 Å². The van der Waals surface area contributed by atoms with Gasteiger partial charge in [0.05, 0.1) is 34.8 Å². The van der Waals surface area contributed by atoms with Crippen molar-refractivity contribution in [2.24, 2.45) is 22.7 Å². The van der Waals surface area contributed by atoms with Crippen molar-refractivity contribution in [3.05, 3.63) is 35.0 Å². The molecule has 1 aromatic carbocycles. The van der Waals surface area contributed by atoms with Crippen LogP contribution in [-0.2, 0) is 16.0 Å². The first-order chi connectivity index (χ1) is 23.6. The molecule has 0 aliphatic carbocycles. The summed E-state index contributed by atoms with van der Waals surface area (Å²) >= 11 is 0. The average molecular weight is 685 g/mol. The average Bonchev–Trinajstić information content (AvgIpc) is 3.38. The number of likely N-dealkylation sites (tertiary alicyclic amines) is 2. The van der Waals surface area contributed by atoms with Crippen molar-refractivity contribution >= 4 is 34.6 Å². The Morgan fingerprint density at radius 3 is 1.98 bits per heavy atom. The second-order valence-electron chi connectivity index (χ2n) is 16.0. The lowest BCUT2D eigenvalue weighted by Gasteiger charge is -2.33. The number of carbonyl (C=O) groups excluding carboxylic acids is 2. The molecule has 4 heterocycles. The Bertz CT molecular complexity index is 1730. The highest BCUT2D eigenvalue weighted by molar-refractivity contribution is 5.93. The maximum absolute atomic E-state index is 12.7. The van der Waals surface area contributed by atoms with Gasteiger partial charge < -0.3 is 24.6 Å². The highest BCUT2D eigenvalue weighted by Gasteiger charge is 2.35. The summed E-state index contributed by atoms with van der Waals surface area (Å²) in [5.74, 6) is 0.485. The molecule has 2 aromatic rings. The fourth-order valence-corrected chi connectivity index (χ4v) is 7.12. The molecule has 0 spiro atoms. The van der Waals surface area contributed by atoms with Crippen LogP contribution in [0.1, 0.15) is 92.6 Å². The number of nitriles is 2. The highest BCUT2D eigenvalue weighted by Crippen LogP contribution is 2.40. The van der Waals surface area contributed by atoms with Crippen LogP contribution in [-0.4, -0.2) is 81.4 Å². The number of fused-ring (bicyclic) bond motifs is 1. The van der Waals surface area contributed by atoms with Crippen molar-refractivity contribution in [3.8, 4) is 12.1 Å². The Morgan fingerprint density at radius 2 is 1.46 bits per heavy atom. The van der Waals surface area contributed by atoms with Gasteiger partial charge in [-0.1, -0.05) is 6.07 Å². The normalized spacial score (nSPS) is 21.0. The lowest BCUT2D eigenvalue weighted by molar-refractivity contribution is 0.0171. The van der Waals surface area contributed by atoms with Gasteiger partial charge in [0.1, 0.15) is 11.2 Å². The van der Waals surface area contributed by atoms with E-state index in [2.05, 4.69) is 39.3 Å². The van der Waals surface area contributed by atoms with E-state index in [0.717, 1.165) is 48.0 Å². The summed E-state index contributed by atoms with van der Waals surface area (Å²) in [7, 11) is 0. The first-order valence-corrected chi connectivity index (χ1v) is 17.8.